The summed E-state index contributed by atoms with van der Waals surface area (Å²) in [6.07, 6.45) is 3.45. The number of carbonyl (C=O) groups is 1. The van der Waals surface area contributed by atoms with Gasteiger partial charge in [0.1, 0.15) is 11.5 Å². The number of aromatic nitrogens is 2. The van der Waals surface area contributed by atoms with Gasteiger partial charge in [0.05, 0.1) is 11.3 Å². The standard InChI is InChI=1S/C15H13N3O2S/c1-9-6-12(10(2)20-9)14(19)18-15-17-13(8-21-15)11-4-3-5-16-7-11/h3-8H,1-2H3,(H,17,18,19). The molecule has 106 valence electrons. The van der Waals surface area contributed by atoms with E-state index in [4.69, 9.17) is 4.42 Å². The Balaban J connectivity index is 1.79. The number of furan rings is 1. The first-order chi connectivity index (χ1) is 10.1. The van der Waals surface area contributed by atoms with Gasteiger partial charge in [-0.25, -0.2) is 4.98 Å². The number of nitrogens with zero attached hydrogens (tertiary/aromatic N) is 2. The summed E-state index contributed by atoms with van der Waals surface area (Å²) >= 11 is 1.38. The van der Waals surface area contributed by atoms with E-state index in [1.54, 1.807) is 25.4 Å². The van der Waals surface area contributed by atoms with Crippen LogP contribution >= 0.6 is 11.3 Å². The average Bonchev–Trinajstić information content (AvgIpc) is 3.06. The van der Waals surface area contributed by atoms with Crippen molar-refractivity contribution in [3.05, 3.63) is 53.1 Å². The Morgan fingerprint density at radius 3 is 2.90 bits per heavy atom. The molecule has 0 aliphatic heterocycles. The zero-order chi connectivity index (χ0) is 14.8. The highest BCUT2D eigenvalue weighted by molar-refractivity contribution is 7.14. The normalized spacial score (nSPS) is 10.6. The molecule has 3 aromatic rings. The maximum atomic E-state index is 12.2. The van der Waals surface area contributed by atoms with E-state index in [1.165, 1.54) is 11.3 Å². The zero-order valence-electron chi connectivity index (χ0n) is 11.6. The largest absolute Gasteiger partial charge is 0.466 e. The van der Waals surface area contributed by atoms with E-state index in [2.05, 4.69) is 15.3 Å². The van der Waals surface area contributed by atoms with E-state index in [9.17, 15) is 4.79 Å². The minimum atomic E-state index is -0.212. The Bertz CT molecular complexity index is 777. The number of rotatable bonds is 3. The van der Waals surface area contributed by atoms with Gasteiger partial charge in [0.25, 0.3) is 5.91 Å². The van der Waals surface area contributed by atoms with Crippen molar-refractivity contribution < 1.29 is 9.21 Å². The van der Waals surface area contributed by atoms with E-state index in [1.807, 2.05) is 24.4 Å². The fraction of sp³-hybridized carbons (Fsp3) is 0.133. The molecule has 1 amide bonds. The molecule has 0 fully saturated rings. The molecule has 0 aliphatic rings. The second-order valence-electron chi connectivity index (χ2n) is 4.56. The van der Waals surface area contributed by atoms with Gasteiger partial charge in [0.15, 0.2) is 5.13 Å². The molecule has 6 heteroatoms. The van der Waals surface area contributed by atoms with Crippen LogP contribution < -0.4 is 5.32 Å². The number of thiazole rings is 1. The number of aryl methyl sites for hydroxylation is 2. The van der Waals surface area contributed by atoms with Gasteiger partial charge in [-0.2, -0.15) is 0 Å². The van der Waals surface area contributed by atoms with Gasteiger partial charge in [-0.1, -0.05) is 0 Å². The molecule has 0 radical (unpaired) electrons. The number of nitrogens with one attached hydrogen (secondary N) is 1. The summed E-state index contributed by atoms with van der Waals surface area (Å²) in [4.78, 5) is 20.6. The van der Waals surface area contributed by atoms with Crippen molar-refractivity contribution in [3.63, 3.8) is 0 Å². The van der Waals surface area contributed by atoms with E-state index < -0.39 is 0 Å². The van der Waals surface area contributed by atoms with Crippen molar-refractivity contribution in [1.82, 2.24) is 9.97 Å². The van der Waals surface area contributed by atoms with Crippen LogP contribution in [0.15, 0.2) is 40.4 Å². The molecule has 0 bridgehead atoms. The lowest BCUT2D eigenvalue weighted by Gasteiger charge is -1.99. The fourth-order valence-electron chi connectivity index (χ4n) is 2.00. The number of pyridine rings is 1. The summed E-state index contributed by atoms with van der Waals surface area (Å²) in [6, 6.07) is 5.50. The monoisotopic (exact) mass is 299 g/mol. The molecule has 0 saturated heterocycles. The lowest BCUT2D eigenvalue weighted by atomic mass is 10.2. The summed E-state index contributed by atoms with van der Waals surface area (Å²) in [5, 5.41) is 5.23. The number of carbonyl (C=O) groups excluding carboxylic acids is 1. The highest BCUT2D eigenvalue weighted by atomic mass is 32.1. The minimum absolute atomic E-state index is 0.212. The molecule has 0 unspecified atom stereocenters. The van der Waals surface area contributed by atoms with E-state index >= 15 is 0 Å². The molecule has 3 rings (SSSR count). The predicted molar refractivity (Wildman–Crippen MR) is 81.5 cm³/mol. The summed E-state index contributed by atoms with van der Waals surface area (Å²) in [5.41, 5.74) is 2.25. The molecular formula is C15H13N3O2S. The molecule has 5 nitrogen and oxygen atoms in total. The predicted octanol–water partition coefficient (Wildman–Crippen LogP) is 3.67. The average molecular weight is 299 g/mol. The maximum absolute atomic E-state index is 12.2. The highest BCUT2D eigenvalue weighted by Crippen LogP contribution is 2.25. The van der Waals surface area contributed by atoms with E-state index in [-0.39, 0.29) is 5.91 Å². The highest BCUT2D eigenvalue weighted by Gasteiger charge is 2.15. The van der Waals surface area contributed by atoms with Crippen LogP contribution in [-0.4, -0.2) is 15.9 Å². The molecule has 0 aliphatic carbocycles. The van der Waals surface area contributed by atoms with Crippen LogP contribution in [0.4, 0.5) is 5.13 Å². The van der Waals surface area contributed by atoms with Crippen molar-refractivity contribution in [2.75, 3.05) is 5.32 Å². The lowest BCUT2D eigenvalue weighted by molar-refractivity contribution is 0.102. The SMILES string of the molecule is Cc1cc(C(=O)Nc2nc(-c3cccnc3)cs2)c(C)o1. The number of hydrogen-bond donors (Lipinski definition) is 1. The molecule has 1 N–H and O–H groups in total. The molecule has 21 heavy (non-hydrogen) atoms. The van der Waals surface area contributed by atoms with Crippen molar-refractivity contribution in [2.45, 2.75) is 13.8 Å². The Hall–Kier alpha value is -2.47. The number of hydrogen-bond acceptors (Lipinski definition) is 5. The van der Waals surface area contributed by atoms with E-state index in [0.29, 0.717) is 22.2 Å². The van der Waals surface area contributed by atoms with Crippen LogP contribution in [0.3, 0.4) is 0 Å². The van der Waals surface area contributed by atoms with Crippen molar-refractivity contribution >= 4 is 22.4 Å². The molecule has 0 aromatic carbocycles. The van der Waals surface area contributed by atoms with Gasteiger partial charge >= 0.3 is 0 Å². The van der Waals surface area contributed by atoms with Gasteiger partial charge in [-0.3, -0.25) is 15.1 Å². The first kappa shape index (κ1) is 13.5. The number of anilines is 1. The Kier molecular flexibility index (Phi) is 3.53. The molecular weight excluding hydrogens is 286 g/mol. The third kappa shape index (κ3) is 2.85. The smallest absolute Gasteiger partial charge is 0.260 e. The minimum Gasteiger partial charge on any atom is -0.466 e. The van der Waals surface area contributed by atoms with Gasteiger partial charge in [-0.05, 0) is 32.0 Å². The van der Waals surface area contributed by atoms with Crippen molar-refractivity contribution in [2.24, 2.45) is 0 Å². The molecule has 3 aromatic heterocycles. The first-order valence-electron chi connectivity index (χ1n) is 6.38. The maximum Gasteiger partial charge on any atom is 0.260 e. The number of amides is 1. The lowest BCUT2D eigenvalue weighted by Crippen LogP contribution is -2.11. The van der Waals surface area contributed by atoms with Crippen LogP contribution in [-0.2, 0) is 0 Å². The van der Waals surface area contributed by atoms with Gasteiger partial charge in [-0.15, -0.1) is 11.3 Å². The van der Waals surface area contributed by atoms with Crippen LogP contribution in [0.5, 0.6) is 0 Å². The fourth-order valence-corrected chi connectivity index (χ4v) is 2.71. The topological polar surface area (TPSA) is 68.0 Å². The second-order valence-corrected chi connectivity index (χ2v) is 5.42. The third-order valence-electron chi connectivity index (χ3n) is 2.97. The third-order valence-corrected chi connectivity index (χ3v) is 3.73. The Morgan fingerprint density at radius 1 is 1.38 bits per heavy atom. The van der Waals surface area contributed by atoms with Crippen LogP contribution in [0, 0.1) is 13.8 Å². The van der Waals surface area contributed by atoms with Crippen LogP contribution in [0.25, 0.3) is 11.3 Å². The van der Waals surface area contributed by atoms with E-state index in [0.717, 1.165) is 11.3 Å². The molecule has 0 spiro atoms. The molecule has 0 saturated carbocycles. The second kappa shape index (κ2) is 5.49. The van der Waals surface area contributed by atoms with Crippen molar-refractivity contribution in [1.29, 1.82) is 0 Å². The summed E-state index contributed by atoms with van der Waals surface area (Å²) in [5.74, 6) is 1.11. The quantitative estimate of drug-likeness (QED) is 0.801. The molecule has 3 heterocycles. The molecule has 0 atom stereocenters. The Morgan fingerprint density at radius 2 is 2.24 bits per heavy atom. The van der Waals surface area contributed by atoms with Crippen LogP contribution in [0.2, 0.25) is 0 Å². The zero-order valence-corrected chi connectivity index (χ0v) is 12.4. The Labute approximate surface area is 125 Å². The summed E-state index contributed by atoms with van der Waals surface area (Å²) in [7, 11) is 0. The van der Waals surface area contributed by atoms with Gasteiger partial charge in [0.2, 0.25) is 0 Å². The van der Waals surface area contributed by atoms with Gasteiger partial charge < -0.3 is 4.42 Å². The van der Waals surface area contributed by atoms with Crippen molar-refractivity contribution in [3.8, 4) is 11.3 Å². The summed E-state index contributed by atoms with van der Waals surface area (Å²) in [6.45, 7) is 3.58. The summed E-state index contributed by atoms with van der Waals surface area (Å²) < 4.78 is 5.36. The first-order valence-corrected chi connectivity index (χ1v) is 7.26. The van der Waals surface area contributed by atoms with Gasteiger partial charge in [0, 0.05) is 23.3 Å². The van der Waals surface area contributed by atoms with Crippen LogP contribution in [0.1, 0.15) is 21.9 Å².